The van der Waals surface area contributed by atoms with Gasteiger partial charge in [-0.2, -0.15) is 15.0 Å². The molecule has 168 valence electrons. The molecule has 0 bridgehead atoms. The highest BCUT2D eigenvalue weighted by atomic mass is 16.5. The molecule has 0 atom stereocenters. The molecule has 3 N–H and O–H groups in total. The van der Waals surface area contributed by atoms with Crippen LogP contribution in [0, 0.1) is 6.92 Å². The molecule has 4 rings (SSSR count). The molecule has 0 saturated heterocycles. The summed E-state index contributed by atoms with van der Waals surface area (Å²) in [5.41, 5.74) is 9.42. The van der Waals surface area contributed by atoms with Crippen LogP contribution in [-0.2, 0) is 17.8 Å². The zero-order valence-corrected chi connectivity index (χ0v) is 18.6. The number of methoxy groups -OCH3 is 1. The average molecular weight is 444 g/mol. The minimum absolute atomic E-state index is 0.00672. The van der Waals surface area contributed by atoms with E-state index in [0.717, 1.165) is 22.2 Å². The summed E-state index contributed by atoms with van der Waals surface area (Å²) in [6.07, 6.45) is 0.707. The van der Waals surface area contributed by atoms with Crippen molar-refractivity contribution >= 4 is 34.5 Å². The smallest absolute Gasteiger partial charge is 0.339 e. The molecule has 0 aliphatic carbocycles. The number of nitrogens with zero attached hydrogens (tertiary/aromatic N) is 4. The molecule has 0 spiro atoms. The number of anilines is 3. The summed E-state index contributed by atoms with van der Waals surface area (Å²) >= 11 is 0. The number of nitrogen functional groups attached to an aromatic ring is 1. The highest BCUT2D eigenvalue weighted by Crippen LogP contribution is 2.26. The molecule has 9 nitrogen and oxygen atoms in total. The predicted octanol–water partition coefficient (Wildman–Crippen LogP) is 3.98. The number of aromatic nitrogens is 4. The van der Waals surface area contributed by atoms with Crippen LogP contribution < -0.4 is 15.8 Å². The van der Waals surface area contributed by atoms with Gasteiger partial charge >= 0.3 is 5.97 Å². The number of ether oxygens (including phenoxy) is 2. The molecule has 0 unspecified atom stereocenters. The van der Waals surface area contributed by atoms with Crippen LogP contribution in [0.15, 0.2) is 48.5 Å². The normalized spacial score (nSPS) is 10.8. The lowest BCUT2D eigenvalue weighted by Crippen LogP contribution is -2.13. The number of benzene rings is 2. The summed E-state index contributed by atoms with van der Waals surface area (Å²) in [5.74, 6) is 0.597. The van der Waals surface area contributed by atoms with E-state index in [9.17, 15) is 4.79 Å². The number of para-hydroxylation sites is 3. The first kappa shape index (κ1) is 21.9. The second kappa shape index (κ2) is 9.47. The summed E-state index contributed by atoms with van der Waals surface area (Å²) < 4.78 is 10.9. The van der Waals surface area contributed by atoms with E-state index in [1.807, 2.05) is 62.4 Å². The quantitative estimate of drug-likeness (QED) is 0.407. The number of esters is 1. The fraction of sp³-hybridized carbons (Fsp3) is 0.208. The van der Waals surface area contributed by atoms with Gasteiger partial charge in [-0.05, 0) is 37.1 Å². The van der Waals surface area contributed by atoms with Crippen molar-refractivity contribution in [3.05, 3.63) is 71.2 Å². The van der Waals surface area contributed by atoms with Crippen LogP contribution in [-0.4, -0.2) is 33.0 Å². The third-order valence-corrected chi connectivity index (χ3v) is 5.16. The second-order valence-electron chi connectivity index (χ2n) is 7.26. The predicted molar refractivity (Wildman–Crippen MR) is 125 cm³/mol. The average Bonchev–Trinajstić information content (AvgIpc) is 2.82. The molecule has 9 heteroatoms. The molecule has 2 aromatic carbocycles. The molecule has 2 heterocycles. The van der Waals surface area contributed by atoms with E-state index in [0.29, 0.717) is 23.4 Å². The van der Waals surface area contributed by atoms with Crippen LogP contribution in [0.4, 0.5) is 17.6 Å². The molecular weight excluding hydrogens is 420 g/mol. The number of carbonyl (C=O) groups excluding carboxylic acids is 1. The molecule has 4 aromatic rings. The summed E-state index contributed by atoms with van der Waals surface area (Å²) in [6, 6.07) is 14.8. The molecular formula is C24H24N6O3. The van der Waals surface area contributed by atoms with E-state index < -0.39 is 5.97 Å². The topological polar surface area (TPSA) is 125 Å². The Bertz CT molecular complexity index is 1330. The monoisotopic (exact) mass is 444 g/mol. The van der Waals surface area contributed by atoms with E-state index in [2.05, 4.69) is 25.3 Å². The van der Waals surface area contributed by atoms with Crippen molar-refractivity contribution in [3.8, 4) is 5.75 Å². The van der Waals surface area contributed by atoms with E-state index in [-0.39, 0.29) is 24.3 Å². The number of hydrogen-bond acceptors (Lipinski definition) is 9. The van der Waals surface area contributed by atoms with Gasteiger partial charge in [0.25, 0.3) is 0 Å². The zero-order chi connectivity index (χ0) is 23.4. The van der Waals surface area contributed by atoms with Crippen molar-refractivity contribution in [3.63, 3.8) is 0 Å². The number of fused-ring (bicyclic) bond motifs is 1. The summed E-state index contributed by atoms with van der Waals surface area (Å²) in [7, 11) is 1.57. The van der Waals surface area contributed by atoms with Crippen LogP contribution in [0.1, 0.15) is 34.4 Å². The van der Waals surface area contributed by atoms with E-state index >= 15 is 0 Å². The van der Waals surface area contributed by atoms with Crippen LogP contribution in [0.25, 0.3) is 10.9 Å². The van der Waals surface area contributed by atoms with Gasteiger partial charge in [0.05, 0.1) is 23.9 Å². The van der Waals surface area contributed by atoms with Crippen molar-refractivity contribution in [1.29, 1.82) is 0 Å². The van der Waals surface area contributed by atoms with Gasteiger partial charge in [0.15, 0.2) is 12.4 Å². The van der Waals surface area contributed by atoms with Gasteiger partial charge in [-0.3, -0.25) is 4.98 Å². The van der Waals surface area contributed by atoms with E-state index in [4.69, 9.17) is 15.2 Å². The van der Waals surface area contributed by atoms with Crippen LogP contribution >= 0.6 is 0 Å². The Morgan fingerprint density at radius 1 is 1.03 bits per heavy atom. The molecule has 33 heavy (non-hydrogen) atoms. The number of hydrogen-bond donors (Lipinski definition) is 2. The Kier molecular flexibility index (Phi) is 6.30. The Morgan fingerprint density at radius 2 is 1.79 bits per heavy atom. The van der Waals surface area contributed by atoms with Crippen LogP contribution in [0.3, 0.4) is 0 Å². The fourth-order valence-electron chi connectivity index (χ4n) is 3.59. The van der Waals surface area contributed by atoms with E-state index in [1.165, 1.54) is 0 Å². The summed E-state index contributed by atoms with van der Waals surface area (Å²) in [4.78, 5) is 30.3. The van der Waals surface area contributed by atoms with Gasteiger partial charge in [-0.25, -0.2) is 4.79 Å². The van der Waals surface area contributed by atoms with Crippen molar-refractivity contribution in [2.24, 2.45) is 0 Å². The Morgan fingerprint density at radius 3 is 2.58 bits per heavy atom. The lowest BCUT2D eigenvalue weighted by molar-refractivity contribution is 0.0463. The lowest BCUT2D eigenvalue weighted by Gasteiger charge is -2.13. The van der Waals surface area contributed by atoms with Crippen molar-refractivity contribution < 1.29 is 14.3 Å². The first-order chi connectivity index (χ1) is 16.0. The van der Waals surface area contributed by atoms with Crippen molar-refractivity contribution in [2.45, 2.75) is 26.9 Å². The first-order valence-electron chi connectivity index (χ1n) is 10.5. The Balaban J connectivity index is 1.58. The SMILES string of the molecule is CCc1nc2ccccc2c(C(=O)OCc2nc(N)nc(Nc3ccccc3OC)n2)c1C. The van der Waals surface area contributed by atoms with E-state index in [1.54, 1.807) is 7.11 Å². The first-order valence-corrected chi connectivity index (χ1v) is 10.5. The van der Waals surface area contributed by atoms with Gasteiger partial charge in [-0.1, -0.05) is 37.3 Å². The second-order valence-corrected chi connectivity index (χ2v) is 7.26. The third kappa shape index (κ3) is 4.67. The van der Waals surface area contributed by atoms with Gasteiger partial charge in [-0.15, -0.1) is 0 Å². The van der Waals surface area contributed by atoms with Crippen molar-refractivity contribution in [2.75, 3.05) is 18.2 Å². The number of rotatable bonds is 7. The van der Waals surface area contributed by atoms with Gasteiger partial charge in [0.2, 0.25) is 11.9 Å². The lowest BCUT2D eigenvalue weighted by atomic mass is 10.0. The number of pyridine rings is 1. The number of aryl methyl sites for hydroxylation is 1. The maximum atomic E-state index is 13.1. The molecule has 0 aliphatic heterocycles. The highest BCUT2D eigenvalue weighted by Gasteiger charge is 2.19. The standard InChI is InChI=1S/C24H24N6O3/c1-4-16-14(2)21(15-9-5-6-10-17(15)26-16)22(31)33-13-20-28-23(25)30-24(29-20)27-18-11-7-8-12-19(18)32-3/h5-12H,4,13H2,1-3H3,(H3,25,27,28,29,30). The maximum Gasteiger partial charge on any atom is 0.339 e. The third-order valence-electron chi connectivity index (χ3n) is 5.16. The minimum atomic E-state index is -0.473. The largest absolute Gasteiger partial charge is 0.495 e. The fourth-order valence-corrected chi connectivity index (χ4v) is 3.59. The minimum Gasteiger partial charge on any atom is -0.495 e. The van der Waals surface area contributed by atoms with Crippen molar-refractivity contribution in [1.82, 2.24) is 19.9 Å². The number of nitrogens with one attached hydrogen (secondary N) is 1. The summed E-state index contributed by atoms with van der Waals surface area (Å²) in [6.45, 7) is 3.72. The molecule has 0 aliphatic rings. The van der Waals surface area contributed by atoms with Crippen LogP contribution in [0.2, 0.25) is 0 Å². The zero-order valence-electron chi connectivity index (χ0n) is 18.6. The molecule has 2 aromatic heterocycles. The molecule has 0 amide bonds. The van der Waals surface area contributed by atoms with Gasteiger partial charge in [0.1, 0.15) is 5.75 Å². The Hall–Kier alpha value is -4.27. The molecule has 0 fully saturated rings. The van der Waals surface area contributed by atoms with Gasteiger partial charge < -0.3 is 20.5 Å². The maximum absolute atomic E-state index is 13.1. The van der Waals surface area contributed by atoms with Gasteiger partial charge in [0, 0.05) is 11.1 Å². The van der Waals surface area contributed by atoms with Crippen LogP contribution in [0.5, 0.6) is 5.75 Å². The number of nitrogens with two attached hydrogens (primary N) is 1. The number of carbonyl (C=O) groups is 1. The highest BCUT2D eigenvalue weighted by molar-refractivity contribution is 6.05. The Labute approximate surface area is 191 Å². The summed E-state index contributed by atoms with van der Waals surface area (Å²) in [5, 5.41) is 3.80. The molecule has 0 saturated carbocycles. The molecule has 0 radical (unpaired) electrons.